The van der Waals surface area contributed by atoms with E-state index >= 15 is 0 Å². The van der Waals surface area contributed by atoms with Crippen LogP contribution < -0.4 is 0 Å². The van der Waals surface area contributed by atoms with Crippen LogP contribution in [0.25, 0.3) is 5.69 Å². The number of aromatic nitrogens is 3. The molecule has 1 aliphatic rings. The van der Waals surface area contributed by atoms with E-state index in [1.54, 1.807) is 22.8 Å². The van der Waals surface area contributed by atoms with Crippen LogP contribution in [-0.4, -0.2) is 20.5 Å². The van der Waals surface area contributed by atoms with Gasteiger partial charge in [-0.1, -0.05) is 23.7 Å². The van der Waals surface area contributed by atoms with Crippen LogP contribution in [0.15, 0.2) is 47.7 Å². The van der Waals surface area contributed by atoms with Gasteiger partial charge in [-0.3, -0.25) is 9.56 Å². The molecule has 4 rings (SSSR count). The molecule has 3 aromatic rings. The molecule has 0 radical (unpaired) electrons. The summed E-state index contributed by atoms with van der Waals surface area (Å²) >= 11 is 6.32. The number of hydrogen-bond acceptors (Lipinski definition) is 3. The van der Waals surface area contributed by atoms with Crippen molar-refractivity contribution in [3.63, 3.8) is 0 Å². The van der Waals surface area contributed by atoms with Crippen molar-refractivity contribution in [3.05, 3.63) is 76.3 Å². The smallest absolute Gasteiger partial charge is 0.159 e. The summed E-state index contributed by atoms with van der Waals surface area (Å²) in [5, 5.41) is 8.21. The summed E-state index contributed by atoms with van der Waals surface area (Å²) in [6.07, 6.45) is 1.53. The fourth-order valence-corrected chi connectivity index (χ4v) is 2.93. The predicted molar refractivity (Wildman–Crippen MR) is 82.1 cm³/mol. The summed E-state index contributed by atoms with van der Waals surface area (Å²) in [5.41, 5.74) is 1.07. The van der Waals surface area contributed by atoms with Crippen LogP contribution in [0.4, 0.5) is 8.78 Å². The molecule has 0 bridgehead atoms. The van der Waals surface area contributed by atoms with Crippen LogP contribution in [0.3, 0.4) is 0 Å². The molecule has 0 amide bonds. The summed E-state index contributed by atoms with van der Waals surface area (Å²) in [5.74, 6) is -0.806. The van der Waals surface area contributed by atoms with Gasteiger partial charge in [-0.2, -0.15) is 0 Å². The minimum atomic E-state index is -0.688. The van der Waals surface area contributed by atoms with Crippen molar-refractivity contribution < 1.29 is 8.78 Å². The zero-order chi connectivity index (χ0) is 16.0. The number of hydrogen-bond donors (Lipinski definition) is 0. The van der Waals surface area contributed by atoms with Gasteiger partial charge in [0.1, 0.15) is 24.5 Å². The fraction of sp³-hybridized carbons (Fsp3) is 0.0625. The minimum absolute atomic E-state index is 0.147. The molecular weight excluding hydrogens is 322 g/mol. The fourth-order valence-electron chi connectivity index (χ4n) is 2.67. The second kappa shape index (κ2) is 5.24. The molecule has 0 saturated heterocycles. The molecular formula is C16H9ClF2N4. The topological polar surface area (TPSA) is 43.1 Å². The monoisotopic (exact) mass is 330 g/mol. The molecule has 0 atom stereocenters. The quantitative estimate of drug-likeness (QED) is 0.685. The van der Waals surface area contributed by atoms with Gasteiger partial charge in [0.2, 0.25) is 0 Å². The largest absolute Gasteiger partial charge is 0.283 e. The highest BCUT2D eigenvalue weighted by molar-refractivity contribution is 6.36. The number of benzene rings is 2. The highest BCUT2D eigenvalue weighted by Gasteiger charge is 2.25. The molecule has 0 unspecified atom stereocenters. The van der Waals surface area contributed by atoms with Gasteiger partial charge in [-0.05, 0) is 24.3 Å². The molecule has 4 nitrogen and oxygen atoms in total. The van der Waals surface area contributed by atoms with E-state index in [2.05, 4.69) is 15.2 Å². The Morgan fingerprint density at radius 3 is 2.52 bits per heavy atom. The van der Waals surface area contributed by atoms with E-state index in [1.807, 2.05) is 0 Å². The van der Waals surface area contributed by atoms with Crippen molar-refractivity contribution in [1.82, 2.24) is 14.8 Å². The van der Waals surface area contributed by atoms with Crippen molar-refractivity contribution in [2.75, 3.05) is 0 Å². The lowest BCUT2D eigenvalue weighted by atomic mass is 9.99. The third-order valence-corrected chi connectivity index (χ3v) is 4.00. The van der Waals surface area contributed by atoms with E-state index in [4.69, 9.17) is 11.6 Å². The Balaban J connectivity index is 2.06. The predicted octanol–water partition coefficient (Wildman–Crippen LogP) is 3.55. The Bertz CT molecular complexity index is 929. The van der Waals surface area contributed by atoms with E-state index in [0.29, 0.717) is 22.1 Å². The maximum absolute atomic E-state index is 14.2. The van der Waals surface area contributed by atoms with Crippen LogP contribution >= 0.6 is 11.6 Å². The first-order valence-electron chi connectivity index (χ1n) is 6.84. The molecule has 0 saturated carbocycles. The lowest BCUT2D eigenvalue weighted by Gasteiger charge is -2.13. The Morgan fingerprint density at radius 2 is 1.74 bits per heavy atom. The molecule has 1 aromatic heterocycles. The molecule has 0 aliphatic carbocycles. The second-order valence-corrected chi connectivity index (χ2v) is 5.42. The van der Waals surface area contributed by atoms with E-state index in [1.165, 1.54) is 24.5 Å². The van der Waals surface area contributed by atoms with Gasteiger partial charge in [0.15, 0.2) is 5.82 Å². The Hall–Kier alpha value is -2.60. The summed E-state index contributed by atoms with van der Waals surface area (Å²) in [4.78, 5) is 4.36. The van der Waals surface area contributed by atoms with Crippen molar-refractivity contribution in [3.8, 4) is 5.69 Å². The zero-order valence-electron chi connectivity index (χ0n) is 11.7. The first-order valence-corrected chi connectivity index (χ1v) is 7.21. The molecule has 1 aliphatic heterocycles. The van der Waals surface area contributed by atoms with Crippen LogP contribution in [0.2, 0.25) is 5.02 Å². The molecule has 114 valence electrons. The molecule has 2 heterocycles. The third-order valence-electron chi connectivity index (χ3n) is 3.68. The van der Waals surface area contributed by atoms with Gasteiger partial charge in [0.05, 0.1) is 22.0 Å². The van der Waals surface area contributed by atoms with Gasteiger partial charge in [0.25, 0.3) is 0 Å². The van der Waals surface area contributed by atoms with Crippen LogP contribution in [0.5, 0.6) is 0 Å². The second-order valence-electron chi connectivity index (χ2n) is 5.01. The van der Waals surface area contributed by atoms with Crippen molar-refractivity contribution >= 4 is 17.3 Å². The SMILES string of the molecule is Fc1cccc(F)c1C1=NCc2nncn2-c2cccc(Cl)c21. The Morgan fingerprint density at radius 1 is 1.00 bits per heavy atom. The number of rotatable bonds is 1. The van der Waals surface area contributed by atoms with Gasteiger partial charge < -0.3 is 0 Å². The molecule has 0 N–H and O–H groups in total. The van der Waals surface area contributed by atoms with Crippen LogP contribution in [-0.2, 0) is 6.54 Å². The molecule has 23 heavy (non-hydrogen) atoms. The summed E-state index contributed by atoms with van der Waals surface area (Å²) in [6.45, 7) is 0.147. The molecule has 0 fully saturated rings. The van der Waals surface area contributed by atoms with Crippen molar-refractivity contribution in [2.24, 2.45) is 4.99 Å². The van der Waals surface area contributed by atoms with Crippen molar-refractivity contribution in [2.45, 2.75) is 6.54 Å². The zero-order valence-corrected chi connectivity index (χ0v) is 12.4. The third kappa shape index (κ3) is 2.14. The van der Waals surface area contributed by atoms with Gasteiger partial charge in [-0.15, -0.1) is 10.2 Å². The first-order chi connectivity index (χ1) is 11.2. The molecule has 2 aromatic carbocycles. The normalized spacial score (nSPS) is 13.1. The van der Waals surface area contributed by atoms with Gasteiger partial charge in [-0.25, -0.2) is 8.78 Å². The van der Waals surface area contributed by atoms with E-state index in [0.717, 1.165) is 0 Å². The summed E-state index contributed by atoms with van der Waals surface area (Å²) in [6, 6.07) is 8.90. The van der Waals surface area contributed by atoms with E-state index in [-0.39, 0.29) is 17.8 Å². The summed E-state index contributed by atoms with van der Waals surface area (Å²) in [7, 11) is 0. The minimum Gasteiger partial charge on any atom is -0.283 e. The Labute approximate surface area is 135 Å². The van der Waals surface area contributed by atoms with Crippen LogP contribution in [0, 0.1) is 11.6 Å². The van der Waals surface area contributed by atoms with Gasteiger partial charge in [0, 0.05) is 5.56 Å². The molecule has 7 heteroatoms. The van der Waals surface area contributed by atoms with Crippen LogP contribution in [0.1, 0.15) is 17.0 Å². The number of halogens is 3. The van der Waals surface area contributed by atoms with E-state index in [9.17, 15) is 8.78 Å². The number of fused-ring (bicyclic) bond motifs is 3. The highest BCUT2D eigenvalue weighted by atomic mass is 35.5. The van der Waals surface area contributed by atoms with Gasteiger partial charge >= 0.3 is 0 Å². The standard InChI is InChI=1S/C16H9ClF2N4/c17-9-3-1-6-12-14(9)16(15-10(18)4-2-5-11(15)19)20-7-13-22-21-8-23(12)13/h1-6,8H,7H2. The number of aliphatic imine (C=N–C) groups is 1. The summed E-state index contributed by atoms with van der Waals surface area (Å²) < 4.78 is 30.2. The first kappa shape index (κ1) is 14.0. The maximum atomic E-state index is 14.2. The lowest BCUT2D eigenvalue weighted by Crippen LogP contribution is -2.12. The van der Waals surface area contributed by atoms with Crippen molar-refractivity contribution in [1.29, 1.82) is 0 Å². The average Bonchev–Trinajstić information content (AvgIpc) is 2.93. The number of nitrogens with zero attached hydrogens (tertiary/aromatic N) is 4. The van der Waals surface area contributed by atoms with E-state index < -0.39 is 11.6 Å². The molecule has 0 spiro atoms. The highest BCUT2D eigenvalue weighted by Crippen LogP contribution is 2.31. The average molecular weight is 331 g/mol. The maximum Gasteiger partial charge on any atom is 0.159 e. The Kier molecular flexibility index (Phi) is 3.20. The lowest BCUT2D eigenvalue weighted by molar-refractivity contribution is 0.579.